The quantitative estimate of drug-likeness (QED) is 0.537. The molecule has 0 radical (unpaired) electrons. The van der Waals surface area contributed by atoms with Crippen LogP contribution in [0.4, 0.5) is 5.82 Å². The smallest absolute Gasteiger partial charge is 0.131 e. The van der Waals surface area contributed by atoms with Gasteiger partial charge in [-0.05, 0) is 50.5 Å². The Morgan fingerprint density at radius 1 is 1.30 bits per heavy atom. The second-order valence-electron chi connectivity index (χ2n) is 6.05. The molecule has 0 amide bonds. The van der Waals surface area contributed by atoms with Gasteiger partial charge in [-0.1, -0.05) is 23.4 Å². The van der Waals surface area contributed by atoms with Crippen molar-refractivity contribution in [1.82, 2.24) is 20.0 Å². The van der Waals surface area contributed by atoms with E-state index in [1.54, 1.807) is 41.2 Å². The lowest BCUT2D eigenvalue weighted by Crippen LogP contribution is -2.03. The summed E-state index contributed by atoms with van der Waals surface area (Å²) in [6.45, 7) is 5.79. The zero-order valence-electron chi connectivity index (χ0n) is 16.9. The monoisotopic (exact) mass is 401 g/mol. The van der Waals surface area contributed by atoms with Gasteiger partial charge in [-0.25, -0.2) is 9.67 Å². The standard InChI is InChI=1S/C20H18N8.CH5N/c1-13-14(10-21)5-3-7-16(13)17(22)9-18(24-2)19-12-28(27-26-19)11-15-6-4-8-20(23)25-15;1-2/h3-9,12,22H,2,11H2,1H3,(H2,23,25);2H2,1H3/b18-9-,22-17?;. The van der Waals surface area contributed by atoms with Crippen molar-refractivity contribution in [2.45, 2.75) is 13.5 Å². The second kappa shape index (κ2) is 10.4. The first-order valence-electron chi connectivity index (χ1n) is 8.98. The Labute approximate surface area is 174 Å². The number of nitrogens with zero attached hydrogens (tertiary/aromatic N) is 6. The highest BCUT2D eigenvalue weighted by molar-refractivity contribution is 6.11. The van der Waals surface area contributed by atoms with Gasteiger partial charge in [0, 0.05) is 5.56 Å². The molecule has 30 heavy (non-hydrogen) atoms. The summed E-state index contributed by atoms with van der Waals surface area (Å²) < 4.78 is 1.61. The lowest BCUT2D eigenvalue weighted by Gasteiger charge is -2.06. The fourth-order valence-electron chi connectivity index (χ4n) is 2.71. The predicted molar refractivity (Wildman–Crippen MR) is 118 cm³/mol. The number of nitrogens with one attached hydrogen (secondary N) is 1. The fourth-order valence-corrected chi connectivity index (χ4v) is 2.71. The molecule has 0 spiro atoms. The number of hydrogen-bond acceptors (Lipinski definition) is 8. The van der Waals surface area contributed by atoms with Crippen LogP contribution in [-0.4, -0.2) is 39.5 Å². The van der Waals surface area contributed by atoms with E-state index in [4.69, 9.17) is 11.1 Å². The molecule has 152 valence electrons. The molecule has 1 aromatic carbocycles. The second-order valence-corrected chi connectivity index (χ2v) is 6.05. The Balaban J connectivity index is 0.00000155. The number of benzene rings is 1. The highest BCUT2D eigenvalue weighted by Crippen LogP contribution is 2.18. The number of rotatable bonds is 6. The van der Waals surface area contributed by atoms with Gasteiger partial charge >= 0.3 is 0 Å². The van der Waals surface area contributed by atoms with Gasteiger partial charge < -0.3 is 16.9 Å². The van der Waals surface area contributed by atoms with Crippen molar-refractivity contribution in [2.75, 3.05) is 12.8 Å². The normalized spacial score (nSPS) is 10.5. The molecule has 0 unspecified atom stereocenters. The van der Waals surface area contributed by atoms with Crippen molar-refractivity contribution in [3.05, 3.63) is 76.7 Å². The van der Waals surface area contributed by atoms with E-state index < -0.39 is 0 Å². The average molecular weight is 401 g/mol. The number of nitrogens with two attached hydrogens (primary N) is 2. The molecular formula is C21H23N9. The minimum absolute atomic E-state index is 0.212. The van der Waals surface area contributed by atoms with Gasteiger partial charge in [0.1, 0.15) is 11.5 Å². The highest BCUT2D eigenvalue weighted by atomic mass is 15.4. The highest BCUT2D eigenvalue weighted by Gasteiger charge is 2.11. The molecule has 2 heterocycles. The number of nitriles is 1. The van der Waals surface area contributed by atoms with Crippen LogP contribution in [-0.2, 0) is 6.54 Å². The minimum Gasteiger partial charge on any atom is -0.384 e. The Kier molecular flexibility index (Phi) is 7.67. The molecule has 9 nitrogen and oxygen atoms in total. The molecule has 3 rings (SSSR count). The minimum atomic E-state index is 0.212. The molecule has 0 saturated carbocycles. The Morgan fingerprint density at radius 2 is 2.03 bits per heavy atom. The third-order valence-electron chi connectivity index (χ3n) is 4.15. The molecule has 5 N–H and O–H groups in total. The number of nitrogen functional groups attached to an aromatic ring is 1. The van der Waals surface area contributed by atoms with Crippen molar-refractivity contribution in [3.63, 3.8) is 0 Å². The van der Waals surface area contributed by atoms with Gasteiger partial charge in [0.2, 0.25) is 0 Å². The molecule has 0 bridgehead atoms. The first-order chi connectivity index (χ1) is 14.5. The van der Waals surface area contributed by atoms with Crippen LogP contribution in [0.15, 0.2) is 53.7 Å². The van der Waals surface area contributed by atoms with E-state index in [2.05, 4.69) is 38.8 Å². The topological polar surface area (TPSA) is 156 Å². The molecular weight excluding hydrogens is 378 g/mol. The zero-order valence-corrected chi connectivity index (χ0v) is 16.9. The summed E-state index contributed by atoms with van der Waals surface area (Å²) in [4.78, 5) is 8.22. The zero-order chi connectivity index (χ0) is 22.1. The van der Waals surface area contributed by atoms with E-state index in [0.29, 0.717) is 34.9 Å². The van der Waals surface area contributed by atoms with Crippen LogP contribution in [0.2, 0.25) is 0 Å². The molecule has 0 atom stereocenters. The summed E-state index contributed by atoms with van der Waals surface area (Å²) in [5.41, 5.74) is 14.0. The number of anilines is 1. The van der Waals surface area contributed by atoms with Gasteiger partial charge in [0.05, 0.1) is 41.5 Å². The summed E-state index contributed by atoms with van der Waals surface area (Å²) >= 11 is 0. The molecule has 0 saturated heterocycles. The van der Waals surface area contributed by atoms with Crippen LogP contribution in [0.25, 0.3) is 5.70 Å². The maximum absolute atomic E-state index is 9.17. The van der Waals surface area contributed by atoms with E-state index in [1.807, 2.05) is 19.1 Å². The number of allylic oxidation sites excluding steroid dienone is 1. The molecule has 0 fully saturated rings. The summed E-state index contributed by atoms with van der Waals surface area (Å²) in [5, 5.41) is 25.7. The lowest BCUT2D eigenvalue weighted by molar-refractivity contribution is 0.639. The van der Waals surface area contributed by atoms with E-state index in [0.717, 1.165) is 11.3 Å². The van der Waals surface area contributed by atoms with Crippen LogP contribution in [0.1, 0.15) is 28.1 Å². The van der Waals surface area contributed by atoms with Crippen molar-refractivity contribution >= 4 is 23.9 Å². The van der Waals surface area contributed by atoms with Gasteiger partial charge in [0.15, 0.2) is 0 Å². The number of aromatic nitrogens is 4. The number of pyridine rings is 1. The largest absolute Gasteiger partial charge is 0.384 e. The maximum Gasteiger partial charge on any atom is 0.131 e. The molecule has 2 aromatic heterocycles. The summed E-state index contributed by atoms with van der Waals surface area (Å²) in [5.74, 6) is 0.439. The van der Waals surface area contributed by atoms with Gasteiger partial charge in [-0.15, -0.1) is 5.10 Å². The molecule has 9 heteroatoms. The van der Waals surface area contributed by atoms with Crippen LogP contribution in [0.3, 0.4) is 0 Å². The number of aliphatic imine (C=N–C) groups is 1. The summed E-state index contributed by atoms with van der Waals surface area (Å²) in [6.07, 6.45) is 3.26. The van der Waals surface area contributed by atoms with Crippen LogP contribution in [0.5, 0.6) is 0 Å². The SMILES string of the molecule is C=N/C(=C\C(=N)c1cccc(C#N)c1C)c1cn(Cc2cccc(N)n2)nn1.CN. The first-order valence-corrected chi connectivity index (χ1v) is 8.98. The van der Waals surface area contributed by atoms with Crippen molar-refractivity contribution < 1.29 is 0 Å². The van der Waals surface area contributed by atoms with Gasteiger partial charge in [0.25, 0.3) is 0 Å². The Hall–Kier alpha value is -4.16. The average Bonchev–Trinajstić information content (AvgIpc) is 3.21. The van der Waals surface area contributed by atoms with Crippen LogP contribution in [0, 0.1) is 23.7 Å². The van der Waals surface area contributed by atoms with Crippen molar-refractivity contribution in [1.29, 1.82) is 10.7 Å². The third-order valence-corrected chi connectivity index (χ3v) is 4.15. The van der Waals surface area contributed by atoms with E-state index >= 15 is 0 Å². The Bertz CT molecular complexity index is 1120. The molecule has 0 aliphatic rings. The van der Waals surface area contributed by atoms with Gasteiger partial charge in [-0.2, -0.15) is 5.26 Å². The molecule has 0 aliphatic heterocycles. The fraction of sp³-hybridized carbons (Fsp3) is 0.143. The Morgan fingerprint density at radius 3 is 2.70 bits per heavy atom. The lowest BCUT2D eigenvalue weighted by atomic mass is 9.99. The van der Waals surface area contributed by atoms with E-state index in [-0.39, 0.29) is 5.71 Å². The van der Waals surface area contributed by atoms with Crippen LogP contribution < -0.4 is 11.5 Å². The summed E-state index contributed by atoms with van der Waals surface area (Å²) in [6, 6.07) is 12.8. The van der Waals surface area contributed by atoms with Crippen molar-refractivity contribution in [3.8, 4) is 6.07 Å². The number of hydrogen-bond donors (Lipinski definition) is 3. The first kappa shape index (κ1) is 22.1. The maximum atomic E-state index is 9.17. The van der Waals surface area contributed by atoms with Crippen molar-refractivity contribution in [2.24, 2.45) is 10.7 Å². The third kappa shape index (κ3) is 5.21. The van der Waals surface area contributed by atoms with Crippen LogP contribution >= 0.6 is 0 Å². The summed E-state index contributed by atoms with van der Waals surface area (Å²) in [7, 11) is 1.50. The van der Waals surface area contributed by atoms with E-state index in [9.17, 15) is 5.26 Å². The molecule has 0 aliphatic carbocycles. The molecule has 3 aromatic rings. The van der Waals surface area contributed by atoms with E-state index in [1.165, 1.54) is 7.05 Å². The predicted octanol–water partition coefficient (Wildman–Crippen LogP) is 2.17. The van der Waals surface area contributed by atoms with Gasteiger partial charge in [-0.3, -0.25) is 4.99 Å².